The first-order valence-corrected chi connectivity index (χ1v) is 7.77. The summed E-state index contributed by atoms with van der Waals surface area (Å²) in [6.07, 6.45) is 7.26. The molecule has 0 saturated heterocycles. The summed E-state index contributed by atoms with van der Waals surface area (Å²) in [4.78, 5) is 0. The third kappa shape index (κ3) is 1.79. The van der Waals surface area contributed by atoms with Crippen LogP contribution in [0.1, 0.15) is 63.0 Å². The van der Waals surface area contributed by atoms with E-state index in [1.807, 2.05) is 6.26 Å². The van der Waals surface area contributed by atoms with Crippen molar-refractivity contribution in [3.8, 4) is 0 Å². The fourth-order valence-electron chi connectivity index (χ4n) is 4.47. The van der Waals surface area contributed by atoms with Gasteiger partial charge in [-0.2, -0.15) is 0 Å². The van der Waals surface area contributed by atoms with Crippen LogP contribution in [0.15, 0.2) is 10.7 Å². The maximum Gasteiger partial charge on any atom is 0.110 e. The van der Waals surface area contributed by atoms with Crippen molar-refractivity contribution in [1.82, 2.24) is 0 Å². The highest BCUT2D eigenvalue weighted by molar-refractivity contribution is 5.35. The molecule has 2 aliphatic rings. The van der Waals surface area contributed by atoms with E-state index in [9.17, 15) is 0 Å². The van der Waals surface area contributed by atoms with Crippen LogP contribution in [-0.2, 0) is 11.2 Å². The second-order valence-electron chi connectivity index (χ2n) is 6.69. The standard InChI is InChI=1S/C17H26O2/c1-5-18-16-15-11(2)10-19-14(15)9-13-8-6-7-12(3)17(13,16)4/h10,12-13,16H,5-9H2,1-4H3. The minimum absolute atomic E-state index is 0.222. The zero-order valence-electron chi connectivity index (χ0n) is 12.7. The largest absolute Gasteiger partial charge is 0.469 e. The van der Waals surface area contributed by atoms with E-state index in [0.717, 1.165) is 18.9 Å². The molecule has 1 aromatic heterocycles. The van der Waals surface area contributed by atoms with Crippen LogP contribution in [0, 0.1) is 24.2 Å². The lowest BCUT2D eigenvalue weighted by atomic mass is 9.54. The third-order valence-electron chi connectivity index (χ3n) is 5.83. The Morgan fingerprint density at radius 3 is 2.95 bits per heavy atom. The Hall–Kier alpha value is -0.760. The molecular formula is C17H26O2. The average molecular weight is 262 g/mol. The number of hydrogen-bond acceptors (Lipinski definition) is 2. The van der Waals surface area contributed by atoms with E-state index < -0.39 is 0 Å². The maximum absolute atomic E-state index is 6.23. The summed E-state index contributed by atoms with van der Waals surface area (Å²) in [6, 6.07) is 0. The van der Waals surface area contributed by atoms with Crippen molar-refractivity contribution < 1.29 is 9.15 Å². The minimum Gasteiger partial charge on any atom is -0.469 e. The van der Waals surface area contributed by atoms with Gasteiger partial charge in [0.25, 0.3) is 0 Å². The highest BCUT2D eigenvalue weighted by Gasteiger charge is 2.53. The monoisotopic (exact) mass is 262 g/mol. The Morgan fingerprint density at radius 2 is 2.21 bits per heavy atom. The van der Waals surface area contributed by atoms with Crippen molar-refractivity contribution in [2.45, 2.75) is 59.5 Å². The van der Waals surface area contributed by atoms with Gasteiger partial charge in [0.05, 0.1) is 12.4 Å². The van der Waals surface area contributed by atoms with Crippen LogP contribution < -0.4 is 0 Å². The molecule has 3 rings (SSSR count). The van der Waals surface area contributed by atoms with Crippen molar-refractivity contribution in [3.05, 3.63) is 23.2 Å². The maximum atomic E-state index is 6.23. The predicted octanol–water partition coefficient (Wildman–Crippen LogP) is 4.66. The van der Waals surface area contributed by atoms with Gasteiger partial charge in [0.1, 0.15) is 5.76 Å². The summed E-state index contributed by atoms with van der Waals surface area (Å²) in [5.41, 5.74) is 2.90. The van der Waals surface area contributed by atoms with E-state index in [4.69, 9.17) is 9.15 Å². The zero-order chi connectivity index (χ0) is 13.6. The normalized spacial score (nSPS) is 37.8. The Labute approximate surface area is 116 Å². The molecule has 0 aliphatic heterocycles. The molecule has 2 nitrogen and oxygen atoms in total. The number of rotatable bonds is 2. The molecule has 0 bridgehead atoms. The molecule has 106 valence electrons. The van der Waals surface area contributed by atoms with Gasteiger partial charge in [0.2, 0.25) is 0 Å². The highest BCUT2D eigenvalue weighted by Crippen LogP contribution is 2.59. The Balaban J connectivity index is 2.10. The second-order valence-corrected chi connectivity index (χ2v) is 6.69. The van der Waals surface area contributed by atoms with Crippen molar-refractivity contribution in [1.29, 1.82) is 0 Å². The number of aryl methyl sites for hydroxylation is 1. The van der Waals surface area contributed by atoms with E-state index in [1.165, 1.54) is 36.1 Å². The van der Waals surface area contributed by atoms with Gasteiger partial charge in [0.15, 0.2) is 0 Å². The fourth-order valence-corrected chi connectivity index (χ4v) is 4.47. The van der Waals surface area contributed by atoms with Gasteiger partial charge in [-0.25, -0.2) is 0 Å². The summed E-state index contributed by atoms with van der Waals surface area (Å²) < 4.78 is 12.0. The van der Waals surface area contributed by atoms with E-state index in [0.29, 0.717) is 5.92 Å². The van der Waals surface area contributed by atoms with Crippen molar-refractivity contribution >= 4 is 0 Å². The highest BCUT2D eigenvalue weighted by atomic mass is 16.5. The first kappa shape index (κ1) is 13.2. The topological polar surface area (TPSA) is 22.4 Å². The van der Waals surface area contributed by atoms with E-state index >= 15 is 0 Å². The molecule has 1 aromatic rings. The zero-order valence-corrected chi connectivity index (χ0v) is 12.7. The molecule has 2 heteroatoms. The van der Waals surface area contributed by atoms with Crippen LogP contribution in [0.25, 0.3) is 0 Å². The Kier molecular flexibility index (Phi) is 3.24. The van der Waals surface area contributed by atoms with Gasteiger partial charge in [-0.05, 0) is 37.7 Å². The van der Waals surface area contributed by atoms with E-state index in [1.54, 1.807) is 0 Å². The summed E-state index contributed by atoms with van der Waals surface area (Å²) >= 11 is 0. The molecule has 0 aromatic carbocycles. The van der Waals surface area contributed by atoms with Crippen LogP contribution in [0.2, 0.25) is 0 Å². The predicted molar refractivity (Wildman–Crippen MR) is 76.1 cm³/mol. The lowest BCUT2D eigenvalue weighted by molar-refractivity contribution is -0.117. The summed E-state index contributed by atoms with van der Waals surface area (Å²) in [6.45, 7) is 9.92. The minimum atomic E-state index is 0.222. The smallest absolute Gasteiger partial charge is 0.110 e. The molecule has 4 unspecified atom stereocenters. The van der Waals surface area contributed by atoms with Gasteiger partial charge in [-0.1, -0.05) is 26.7 Å². The molecule has 1 saturated carbocycles. The van der Waals surface area contributed by atoms with E-state index in [2.05, 4.69) is 27.7 Å². The van der Waals surface area contributed by atoms with Gasteiger partial charge >= 0.3 is 0 Å². The molecule has 2 aliphatic carbocycles. The molecule has 1 fully saturated rings. The quantitative estimate of drug-likeness (QED) is 0.773. The van der Waals surface area contributed by atoms with Crippen LogP contribution in [0.4, 0.5) is 0 Å². The van der Waals surface area contributed by atoms with Gasteiger partial charge in [-0.15, -0.1) is 0 Å². The molecule has 4 atom stereocenters. The first-order chi connectivity index (χ1) is 9.09. The van der Waals surface area contributed by atoms with Crippen molar-refractivity contribution in [2.75, 3.05) is 6.61 Å². The van der Waals surface area contributed by atoms with Gasteiger partial charge in [0, 0.05) is 24.0 Å². The average Bonchev–Trinajstić information content (AvgIpc) is 2.74. The number of fused-ring (bicyclic) bond motifs is 2. The SMILES string of the molecule is CCOC1c2c(C)coc2CC2CCCC(C)C21C. The summed E-state index contributed by atoms with van der Waals surface area (Å²) in [7, 11) is 0. The van der Waals surface area contributed by atoms with E-state index in [-0.39, 0.29) is 11.5 Å². The molecular weight excluding hydrogens is 236 g/mol. The van der Waals surface area contributed by atoms with Gasteiger partial charge in [-0.3, -0.25) is 0 Å². The first-order valence-electron chi connectivity index (χ1n) is 7.77. The molecule has 0 radical (unpaired) electrons. The molecule has 1 heterocycles. The van der Waals surface area contributed by atoms with Crippen LogP contribution >= 0.6 is 0 Å². The Morgan fingerprint density at radius 1 is 1.42 bits per heavy atom. The van der Waals surface area contributed by atoms with Crippen LogP contribution in [0.3, 0.4) is 0 Å². The van der Waals surface area contributed by atoms with Crippen molar-refractivity contribution in [2.24, 2.45) is 17.3 Å². The molecule has 0 N–H and O–H groups in total. The fraction of sp³-hybridized carbons (Fsp3) is 0.765. The lowest BCUT2D eigenvalue weighted by Gasteiger charge is -2.53. The van der Waals surface area contributed by atoms with Crippen molar-refractivity contribution in [3.63, 3.8) is 0 Å². The second kappa shape index (κ2) is 4.66. The number of hydrogen-bond donors (Lipinski definition) is 0. The Bertz CT molecular complexity index is 462. The molecule has 0 spiro atoms. The number of ether oxygens (including phenoxy) is 1. The van der Waals surface area contributed by atoms with Crippen LogP contribution in [0.5, 0.6) is 0 Å². The summed E-state index contributed by atoms with van der Waals surface area (Å²) in [5.74, 6) is 2.63. The van der Waals surface area contributed by atoms with Gasteiger partial charge < -0.3 is 9.15 Å². The molecule has 0 amide bonds. The summed E-state index contributed by atoms with van der Waals surface area (Å²) in [5, 5.41) is 0. The van der Waals surface area contributed by atoms with Crippen LogP contribution in [-0.4, -0.2) is 6.61 Å². The number of furan rings is 1. The third-order valence-corrected chi connectivity index (χ3v) is 5.83. The molecule has 19 heavy (non-hydrogen) atoms. The lowest BCUT2D eigenvalue weighted by Crippen LogP contribution is -2.47.